The Balaban J connectivity index is 1.69. The zero-order chi connectivity index (χ0) is 18.1. The smallest absolute Gasteiger partial charge is 0.255 e. The average Bonchev–Trinajstić information content (AvgIpc) is 3.32. The number of hydrogen-bond acceptors (Lipinski definition) is 7. The lowest BCUT2D eigenvalue weighted by Crippen LogP contribution is -2.31. The number of amides is 1. The summed E-state index contributed by atoms with van der Waals surface area (Å²) >= 11 is 1.56. The van der Waals surface area contributed by atoms with E-state index in [1.807, 2.05) is 23.8 Å². The number of benzene rings is 1. The van der Waals surface area contributed by atoms with Crippen LogP contribution in [0.5, 0.6) is 5.75 Å². The van der Waals surface area contributed by atoms with Crippen molar-refractivity contribution in [3.05, 3.63) is 57.9 Å². The molecular formula is C17H16N6O2S. The number of nitrogens with one attached hydrogen (secondary N) is 2. The Morgan fingerprint density at radius 3 is 2.81 bits per heavy atom. The molecule has 0 spiro atoms. The predicted molar refractivity (Wildman–Crippen MR) is 98.2 cm³/mol. The molecule has 0 radical (unpaired) electrons. The van der Waals surface area contributed by atoms with Crippen molar-refractivity contribution in [1.29, 1.82) is 0 Å². The summed E-state index contributed by atoms with van der Waals surface area (Å²) in [6.07, 6.45) is 0. The van der Waals surface area contributed by atoms with E-state index in [4.69, 9.17) is 4.74 Å². The first-order valence-electron chi connectivity index (χ1n) is 7.90. The molecule has 0 fully saturated rings. The Kier molecular flexibility index (Phi) is 4.13. The quantitative estimate of drug-likeness (QED) is 0.735. The summed E-state index contributed by atoms with van der Waals surface area (Å²) in [6.45, 7) is 1.85. The van der Waals surface area contributed by atoms with Crippen molar-refractivity contribution in [2.75, 3.05) is 17.7 Å². The molecule has 2 aromatic heterocycles. The van der Waals surface area contributed by atoms with Gasteiger partial charge in [-0.3, -0.25) is 4.79 Å². The Morgan fingerprint density at radius 2 is 2.12 bits per heavy atom. The molecular weight excluding hydrogens is 352 g/mol. The van der Waals surface area contributed by atoms with Gasteiger partial charge in [-0.2, -0.15) is 16.0 Å². The molecule has 2 N–H and O–H groups in total. The van der Waals surface area contributed by atoms with Gasteiger partial charge < -0.3 is 15.4 Å². The third-order valence-corrected chi connectivity index (χ3v) is 4.87. The molecule has 8 nitrogen and oxygen atoms in total. The first-order chi connectivity index (χ1) is 12.7. The number of methoxy groups -OCH3 is 1. The van der Waals surface area contributed by atoms with Gasteiger partial charge in [0.15, 0.2) is 0 Å². The van der Waals surface area contributed by atoms with Crippen molar-refractivity contribution in [3.63, 3.8) is 0 Å². The third kappa shape index (κ3) is 2.82. The van der Waals surface area contributed by atoms with Crippen LogP contribution < -0.4 is 15.4 Å². The SMILES string of the molecule is COc1ccc(NC(=O)C2=C(C)Nc3nnnn3C2c2ccsc2)cc1. The fraction of sp³-hybridized carbons (Fsp3) is 0.176. The van der Waals surface area contributed by atoms with Crippen molar-refractivity contribution < 1.29 is 9.53 Å². The van der Waals surface area contributed by atoms with Crippen LogP contribution in [-0.2, 0) is 4.79 Å². The van der Waals surface area contributed by atoms with E-state index in [0.717, 1.165) is 17.0 Å². The van der Waals surface area contributed by atoms with E-state index in [9.17, 15) is 4.79 Å². The molecule has 1 aromatic carbocycles. The maximum atomic E-state index is 13.1. The summed E-state index contributed by atoms with van der Waals surface area (Å²) in [5, 5.41) is 21.8. The molecule has 0 saturated carbocycles. The van der Waals surface area contributed by atoms with Crippen LogP contribution in [0.1, 0.15) is 18.5 Å². The van der Waals surface area contributed by atoms with Crippen LogP contribution in [0.2, 0.25) is 0 Å². The van der Waals surface area contributed by atoms with E-state index in [1.54, 1.807) is 47.4 Å². The minimum Gasteiger partial charge on any atom is -0.497 e. The van der Waals surface area contributed by atoms with E-state index >= 15 is 0 Å². The van der Waals surface area contributed by atoms with Crippen LogP contribution >= 0.6 is 11.3 Å². The highest BCUT2D eigenvalue weighted by molar-refractivity contribution is 7.08. The zero-order valence-corrected chi connectivity index (χ0v) is 14.9. The molecule has 1 aliphatic heterocycles. The number of thiophene rings is 1. The molecule has 1 unspecified atom stereocenters. The Hall–Kier alpha value is -3.20. The van der Waals surface area contributed by atoms with Gasteiger partial charge in [-0.05, 0) is 64.0 Å². The van der Waals surface area contributed by atoms with Gasteiger partial charge in [0.25, 0.3) is 5.91 Å². The minimum absolute atomic E-state index is 0.211. The van der Waals surface area contributed by atoms with Gasteiger partial charge in [-0.15, -0.1) is 0 Å². The van der Waals surface area contributed by atoms with Crippen LogP contribution in [-0.4, -0.2) is 33.2 Å². The molecule has 1 atom stereocenters. The van der Waals surface area contributed by atoms with Crippen molar-refractivity contribution in [1.82, 2.24) is 20.2 Å². The standard InChI is InChI=1S/C17H16N6O2S/c1-10-14(16(24)19-12-3-5-13(25-2)6-4-12)15(11-7-8-26-9-11)23-17(18-10)20-21-22-23/h3-9,15H,1-2H3,(H,19,24)(H,18,20,22). The van der Waals surface area contributed by atoms with Gasteiger partial charge >= 0.3 is 0 Å². The van der Waals surface area contributed by atoms with Crippen LogP contribution in [0.25, 0.3) is 0 Å². The van der Waals surface area contributed by atoms with Crippen molar-refractivity contribution in [3.8, 4) is 5.75 Å². The highest BCUT2D eigenvalue weighted by atomic mass is 32.1. The van der Waals surface area contributed by atoms with E-state index < -0.39 is 0 Å². The molecule has 4 rings (SSSR count). The summed E-state index contributed by atoms with van der Waals surface area (Å²) in [6, 6.07) is 8.78. The van der Waals surface area contributed by atoms with Gasteiger partial charge in [-0.25, -0.2) is 0 Å². The maximum absolute atomic E-state index is 13.1. The van der Waals surface area contributed by atoms with Crippen LogP contribution in [0.3, 0.4) is 0 Å². The van der Waals surface area contributed by atoms with Crippen LogP contribution in [0, 0.1) is 0 Å². The predicted octanol–water partition coefficient (Wildman–Crippen LogP) is 2.67. The lowest BCUT2D eigenvalue weighted by atomic mass is 9.97. The number of ether oxygens (including phenoxy) is 1. The third-order valence-electron chi connectivity index (χ3n) is 4.17. The summed E-state index contributed by atoms with van der Waals surface area (Å²) in [5.41, 5.74) is 2.93. The lowest BCUT2D eigenvalue weighted by molar-refractivity contribution is -0.113. The average molecular weight is 368 g/mol. The second kappa shape index (κ2) is 6.60. The Bertz CT molecular complexity index is 962. The fourth-order valence-electron chi connectivity index (χ4n) is 2.92. The number of anilines is 2. The molecule has 9 heteroatoms. The van der Waals surface area contributed by atoms with Crippen molar-refractivity contribution >= 4 is 28.9 Å². The highest BCUT2D eigenvalue weighted by Gasteiger charge is 2.34. The first kappa shape index (κ1) is 16.3. The maximum Gasteiger partial charge on any atom is 0.255 e. The van der Waals surface area contributed by atoms with Crippen LogP contribution in [0.15, 0.2) is 52.4 Å². The second-order valence-electron chi connectivity index (χ2n) is 5.75. The molecule has 3 aromatic rings. The normalized spacial score (nSPS) is 16.0. The number of carbonyl (C=O) groups is 1. The van der Waals surface area contributed by atoms with E-state index in [0.29, 0.717) is 17.2 Å². The van der Waals surface area contributed by atoms with E-state index in [-0.39, 0.29) is 11.9 Å². The lowest BCUT2D eigenvalue weighted by Gasteiger charge is -2.27. The first-order valence-corrected chi connectivity index (χ1v) is 8.85. The topological polar surface area (TPSA) is 94.0 Å². The molecule has 132 valence electrons. The summed E-state index contributed by atoms with van der Waals surface area (Å²) in [7, 11) is 1.60. The number of nitrogens with zero attached hydrogens (tertiary/aromatic N) is 4. The molecule has 26 heavy (non-hydrogen) atoms. The van der Waals surface area contributed by atoms with Gasteiger partial charge in [0.1, 0.15) is 11.8 Å². The number of allylic oxidation sites excluding steroid dienone is 1. The molecule has 3 heterocycles. The number of rotatable bonds is 4. The minimum atomic E-state index is -0.384. The number of carbonyl (C=O) groups excluding carboxylic acids is 1. The molecule has 1 amide bonds. The number of tetrazole rings is 1. The van der Waals surface area contributed by atoms with E-state index in [2.05, 4.69) is 26.2 Å². The number of fused-ring (bicyclic) bond motifs is 1. The van der Waals surface area contributed by atoms with E-state index in [1.165, 1.54) is 0 Å². The molecule has 0 saturated heterocycles. The second-order valence-corrected chi connectivity index (χ2v) is 6.53. The van der Waals surface area contributed by atoms with Crippen molar-refractivity contribution in [2.45, 2.75) is 13.0 Å². The van der Waals surface area contributed by atoms with Gasteiger partial charge in [-0.1, -0.05) is 5.10 Å². The van der Waals surface area contributed by atoms with Gasteiger partial charge in [0.2, 0.25) is 5.95 Å². The Labute approximate surface area is 153 Å². The van der Waals surface area contributed by atoms with Crippen LogP contribution in [0.4, 0.5) is 11.6 Å². The highest BCUT2D eigenvalue weighted by Crippen LogP contribution is 2.35. The van der Waals surface area contributed by atoms with Gasteiger partial charge in [0.05, 0.1) is 12.7 Å². The molecule has 1 aliphatic rings. The summed E-state index contributed by atoms with van der Waals surface area (Å²) in [5.74, 6) is 1.03. The van der Waals surface area contributed by atoms with Gasteiger partial charge in [0, 0.05) is 11.4 Å². The zero-order valence-electron chi connectivity index (χ0n) is 14.1. The largest absolute Gasteiger partial charge is 0.497 e. The summed E-state index contributed by atoms with van der Waals surface area (Å²) < 4.78 is 6.77. The molecule has 0 bridgehead atoms. The van der Waals surface area contributed by atoms with Crippen molar-refractivity contribution in [2.24, 2.45) is 0 Å². The molecule has 0 aliphatic carbocycles. The number of aromatic nitrogens is 4. The Morgan fingerprint density at radius 1 is 1.31 bits per heavy atom. The number of hydrogen-bond donors (Lipinski definition) is 2. The fourth-order valence-corrected chi connectivity index (χ4v) is 3.60. The monoisotopic (exact) mass is 368 g/mol. The summed E-state index contributed by atoms with van der Waals surface area (Å²) in [4.78, 5) is 13.1.